The maximum atomic E-state index is 6.29. The highest BCUT2D eigenvalue weighted by molar-refractivity contribution is 6.32. The van der Waals surface area contributed by atoms with Crippen molar-refractivity contribution >= 4 is 23.2 Å². The van der Waals surface area contributed by atoms with Crippen LogP contribution >= 0.6 is 23.2 Å². The van der Waals surface area contributed by atoms with E-state index in [1.54, 1.807) is 0 Å². The molecule has 0 amide bonds. The number of aryl methyl sites for hydroxylation is 1. The van der Waals surface area contributed by atoms with E-state index in [1.165, 1.54) is 0 Å². The topological polar surface area (TPSA) is 21.3 Å². The van der Waals surface area contributed by atoms with Crippen molar-refractivity contribution in [3.05, 3.63) is 57.6 Å². The first kappa shape index (κ1) is 16.2. The smallest absolute Gasteiger partial charge is 0.150 e. The molecule has 0 saturated carbocycles. The first-order valence-electron chi connectivity index (χ1n) is 6.92. The molecular formula is C17H19Cl2NO. The molecule has 2 aromatic carbocycles. The first-order chi connectivity index (χ1) is 9.97. The fraction of sp³-hybridized carbons (Fsp3) is 0.294. The van der Waals surface area contributed by atoms with Gasteiger partial charge in [0.15, 0.2) is 0 Å². The molecule has 0 saturated heterocycles. The molecule has 2 rings (SSSR count). The van der Waals surface area contributed by atoms with E-state index in [1.807, 2.05) is 43.3 Å². The van der Waals surface area contributed by atoms with E-state index in [0.717, 1.165) is 21.9 Å². The van der Waals surface area contributed by atoms with E-state index in [2.05, 4.69) is 19.2 Å². The second-order valence-corrected chi connectivity index (χ2v) is 6.09. The van der Waals surface area contributed by atoms with E-state index in [0.29, 0.717) is 23.4 Å². The molecule has 2 nitrogen and oxygen atoms in total. The summed E-state index contributed by atoms with van der Waals surface area (Å²) in [5.41, 5.74) is 2.01. The zero-order chi connectivity index (χ0) is 15.4. The third kappa shape index (κ3) is 4.37. The summed E-state index contributed by atoms with van der Waals surface area (Å²) in [7, 11) is 0. The zero-order valence-electron chi connectivity index (χ0n) is 12.4. The molecule has 0 atom stereocenters. The molecule has 1 N–H and O–H groups in total. The molecule has 0 aliphatic carbocycles. The normalized spacial score (nSPS) is 11.0. The molecule has 0 aliphatic heterocycles. The molecule has 4 heteroatoms. The fourth-order valence-corrected chi connectivity index (χ4v) is 2.27. The number of benzene rings is 2. The van der Waals surface area contributed by atoms with Gasteiger partial charge < -0.3 is 10.1 Å². The minimum atomic E-state index is 0.398. The molecule has 0 bridgehead atoms. The van der Waals surface area contributed by atoms with Crippen molar-refractivity contribution in [1.82, 2.24) is 5.32 Å². The predicted molar refractivity (Wildman–Crippen MR) is 89.7 cm³/mol. The van der Waals surface area contributed by atoms with Crippen LogP contribution in [0.2, 0.25) is 10.0 Å². The summed E-state index contributed by atoms with van der Waals surface area (Å²) in [6, 6.07) is 11.8. The lowest BCUT2D eigenvalue weighted by Crippen LogP contribution is -2.22. The third-order valence-electron chi connectivity index (χ3n) is 3.10. The number of rotatable bonds is 5. The summed E-state index contributed by atoms with van der Waals surface area (Å²) < 4.78 is 5.98. The van der Waals surface area contributed by atoms with Crippen LogP contribution in [-0.2, 0) is 6.54 Å². The Hall–Kier alpha value is -1.22. The van der Waals surface area contributed by atoms with Crippen LogP contribution < -0.4 is 10.1 Å². The molecule has 0 aliphatic rings. The van der Waals surface area contributed by atoms with Gasteiger partial charge in [-0.2, -0.15) is 0 Å². The van der Waals surface area contributed by atoms with Gasteiger partial charge in [-0.3, -0.25) is 0 Å². The van der Waals surface area contributed by atoms with Gasteiger partial charge in [-0.15, -0.1) is 0 Å². The first-order valence-corrected chi connectivity index (χ1v) is 7.67. The molecule has 0 aromatic heterocycles. The Balaban J connectivity index is 2.27. The zero-order valence-corrected chi connectivity index (χ0v) is 13.9. The van der Waals surface area contributed by atoms with E-state index in [9.17, 15) is 0 Å². The van der Waals surface area contributed by atoms with Gasteiger partial charge in [0.25, 0.3) is 0 Å². The third-order valence-corrected chi connectivity index (χ3v) is 3.82. The van der Waals surface area contributed by atoms with Crippen LogP contribution in [0.1, 0.15) is 25.0 Å². The van der Waals surface area contributed by atoms with Crippen molar-refractivity contribution in [2.75, 3.05) is 0 Å². The van der Waals surface area contributed by atoms with Crippen LogP contribution in [0.25, 0.3) is 0 Å². The van der Waals surface area contributed by atoms with Crippen molar-refractivity contribution in [3.8, 4) is 11.5 Å². The highest BCUT2D eigenvalue weighted by atomic mass is 35.5. The van der Waals surface area contributed by atoms with Crippen LogP contribution in [0.5, 0.6) is 11.5 Å². The minimum absolute atomic E-state index is 0.398. The Morgan fingerprint density at radius 3 is 2.52 bits per heavy atom. The van der Waals surface area contributed by atoms with Crippen LogP contribution in [-0.4, -0.2) is 6.04 Å². The summed E-state index contributed by atoms with van der Waals surface area (Å²) in [6.07, 6.45) is 0. The van der Waals surface area contributed by atoms with Gasteiger partial charge in [-0.05, 0) is 36.8 Å². The largest absolute Gasteiger partial charge is 0.455 e. The number of para-hydroxylation sites is 1. The molecule has 0 radical (unpaired) electrons. The highest BCUT2D eigenvalue weighted by Gasteiger charge is 2.10. The SMILES string of the molecule is Cc1cc(Oc2c(Cl)cccc2CNC(C)C)ccc1Cl. The minimum Gasteiger partial charge on any atom is -0.455 e. The van der Waals surface area contributed by atoms with Gasteiger partial charge in [0.2, 0.25) is 0 Å². The van der Waals surface area contributed by atoms with Gasteiger partial charge in [-0.1, -0.05) is 49.2 Å². The van der Waals surface area contributed by atoms with Gasteiger partial charge in [0.05, 0.1) is 5.02 Å². The maximum absolute atomic E-state index is 6.29. The van der Waals surface area contributed by atoms with E-state index < -0.39 is 0 Å². The fourth-order valence-electron chi connectivity index (χ4n) is 1.92. The molecule has 112 valence electrons. The van der Waals surface area contributed by atoms with Crippen LogP contribution in [0.4, 0.5) is 0 Å². The average molecular weight is 324 g/mol. The molecule has 0 spiro atoms. The Labute approximate surface area is 136 Å². The van der Waals surface area contributed by atoms with Crippen LogP contribution in [0, 0.1) is 6.92 Å². The number of hydrogen-bond donors (Lipinski definition) is 1. The van der Waals surface area contributed by atoms with Gasteiger partial charge in [-0.25, -0.2) is 0 Å². The number of hydrogen-bond acceptors (Lipinski definition) is 2. The molecule has 2 aromatic rings. The summed E-state index contributed by atoms with van der Waals surface area (Å²) in [4.78, 5) is 0. The van der Waals surface area contributed by atoms with E-state index >= 15 is 0 Å². The Morgan fingerprint density at radius 1 is 1.10 bits per heavy atom. The van der Waals surface area contributed by atoms with Crippen molar-refractivity contribution in [1.29, 1.82) is 0 Å². The van der Waals surface area contributed by atoms with Crippen molar-refractivity contribution in [2.45, 2.75) is 33.4 Å². The van der Waals surface area contributed by atoms with Crippen molar-refractivity contribution < 1.29 is 4.74 Å². The van der Waals surface area contributed by atoms with E-state index in [4.69, 9.17) is 27.9 Å². The van der Waals surface area contributed by atoms with Crippen molar-refractivity contribution in [2.24, 2.45) is 0 Å². The summed E-state index contributed by atoms with van der Waals surface area (Å²) >= 11 is 12.3. The second kappa shape index (κ2) is 7.17. The molecular weight excluding hydrogens is 305 g/mol. The summed E-state index contributed by atoms with van der Waals surface area (Å²) in [5.74, 6) is 1.42. The molecule has 0 heterocycles. The average Bonchev–Trinajstić information content (AvgIpc) is 2.43. The molecule has 0 fully saturated rings. The standard InChI is InChI=1S/C17H19Cl2NO/c1-11(2)20-10-13-5-4-6-16(19)17(13)21-14-7-8-15(18)12(3)9-14/h4-9,11,20H,10H2,1-3H3. The number of nitrogens with one attached hydrogen (secondary N) is 1. The van der Waals surface area contributed by atoms with Gasteiger partial charge in [0.1, 0.15) is 11.5 Å². The Bertz CT molecular complexity index is 626. The maximum Gasteiger partial charge on any atom is 0.150 e. The Morgan fingerprint density at radius 2 is 1.86 bits per heavy atom. The lowest BCUT2D eigenvalue weighted by Gasteiger charge is -2.15. The second-order valence-electron chi connectivity index (χ2n) is 5.28. The van der Waals surface area contributed by atoms with Crippen LogP contribution in [0.3, 0.4) is 0 Å². The summed E-state index contributed by atoms with van der Waals surface area (Å²) in [5, 5.41) is 4.70. The number of ether oxygens (including phenoxy) is 1. The Kier molecular flexibility index (Phi) is 5.51. The lowest BCUT2D eigenvalue weighted by atomic mass is 10.2. The number of halogens is 2. The highest BCUT2D eigenvalue weighted by Crippen LogP contribution is 2.34. The quantitative estimate of drug-likeness (QED) is 0.774. The molecule has 21 heavy (non-hydrogen) atoms. The van der Waals surface area contributed by atoms with Crippen LogP contribution in [0.15, 0.2) is 36.4 Å². The van der Waals surface area contributed by atoms with Gasteiger partial charge >= 0.3 is 0 Å². The molecule has 0 unspecified atom stereocenters. The lowest BCUT2D eigenvalue weighted by molar-refractivity contribution is 0.469. The monoisotopic (exact) mass is 323 g/mol. The van der Waals surface area contributed by atoms with Crippen molar-refractivity contribution in [3.63, 3.8) is 0 Å². The van der Waals surface area contributed by atoms with Gasteiger partial charge in [0, 0.05) is 23.2 Å². The summed E-state index contributed by atoms with van der Waals surface area (Å²) in [6.45, 7) is 6.87. The predicted octanol–water partition coefficient (Wildman–Crippen LogP) is 5.59. The van der Waals surface area contributed by atoms with E-state index in [-0.39, 0.29) is 0 Å².